The van der Waals surface area contributed by atoms with E-state index in [9.17, 15) is 0 Å². The number of likely N-dealkylation sites (tertiary alicyclic amines) is 1. The van der Waals surface area contributed by atoms with E-state index in [1.165, 1.54) is 18.4 Å². The first kappa shape index (κ1) is 21.8. The number of anilines is 1. The van der Waals surface area contributed by atoms with E-state index in [2.05, 4.69) is 32.7 Å². The molecule has 2 aromatic carbocycles. The minimum Gasteiger partial charge on any atom is -0.496 e. The Hall–Kier alpha value is -2.93. The lowest BCUT2D eigenvalue weighted by Gasteiger charge is -2.30. The highest BCUT2D eigenvalue weighted by Crippen LogP contribution is 2.32. The molecule has 1 heterocycles. The van der Waals surface area contributed by atoms with Crippen molar-refractivity contribution in [2.24, 2.45) is 4.99 Å². The van der Waals surface area contributed by atoms with Gasteiger partial charge in [0, 0.05) is 30.9 Å². The molecule has 1 fully saturated rings. The first-order valence-corrected chi connectivity index (χ1v) is 10.3. The fourth-order valence-corrected chi connectivity index (χ4v) is 3.85. The third kappa shape index (κ3) is 5.16. The van der Waals surface area contributed by atoms with Crippen LogP contribution in [0, 0.1) is 0 Å². The van der Waals surface area contributed by atoms with Crippen molar-refractivity contribution in [1.82, 2.24) is 10.2 Å². The Morgan fingerprint density at radius 2 is 1.67 bits per heavy atom. The number of ether oxygens (including phenoxy) is 3. The van der Waals surface area contributed by atoms with Crippen LogP contribution in [0.1, 0.15) is 24.4 Å². The van der Waals surface area contributed by atoms with E-state index in [0.29, 0.717) is 24.0 Å². The zero-order chi connectivity index (χ0) is 21.3. The molecule has 3 rings (SSSR count). The third-order valence-corrected chi connectivity index (χ3v) is 5.41. The highest BCUT2D eigenvalue weighted by Gasteiger charge is 2.26. The van der Waals surface area contributed by atoms with E-state index < -0.39 is 0 Å². The molecule has 7 heteroatoms. The summed E-state index contributed by atoms with van der Waals surface area (Å²) in [6.45, 7) is 2.89. The Labute approximate surface area is 179 Å². The number of nitrogens with one attached hydrogen (secondary N) is 2. The highest BCUT2D eigenvalue weighted by atomic mass is 16.5. The Morgan fingerprint density at radius 1 is 0.967 bits per heavy atom. The summed E-state index contributed by atoms with van der Waals surface area (Å²) in [5, 5.41) is 6.81. The SMILES string of the molecule is CN=C(NCC(c1ccccc1OC)N1CCCC1)Nc1ccc(OC)c(OC)c1. The normalized spacial score (nSPS) is 15.5. The average Bonchev–Trinajstić information content (AvgIpc) is 3.33. The third-order valence-electron chi connectivity index (χ3n) is 5.41. The van der Waals surface area contributed by atoms with Crippen molar-refractivity contribution in [3.05, 3.63) is 48.0 Å². The second-order valence-corrected chi connectivity index (χ2v) is 7.15. The molecule has 0 saturated carbocycles. The second kappa shape index (κ2) is 10.7. The van der Waals surface area contributed by atoms with Crippen LogP contribution in [-0.2, 0) is 0 Å². The zero-order valence-corrected chi connectivity index (χ0v) is 18.3. The molecule has 0 aromatic heterocycles. The van der Waals surface area contributed by atoms with Crippen LogP contribution >= 0.6 is 0 Å². The van der Waals surface area contributed by atoms with Crippen LogP contribution in [-0.4, -0.2) is 58.9 Å². The minimum absolute atomic E-state index is 0.201. The molecule has 1 aliphatic rings. The van der Waals surface area contributed by atoms with Gasteiger partial charge in [0.25, 0.3) is 0 Å². The standard InChI is InChI=1S/C23H32N4O3/c1-24-23(26-17-11-12-21(29-3)22(15-17)30-4)25-16-19(27-13-7-8-14-27)18-9-5-6-10-20(18)28-2/h5-6,9-12,15,19H,7-8,13-14,16H2,1-4H3,(H2,24,25,26). The fourth-order valence-electron chi connectivity index (χ4n) is 3.85. The van der Waals surface area contributed by atoms with Crippen molar-refractivity contribution >= 4 is 11.6 Å². The van der Waals surface area contributed by atoms with Crippen molar-refractivity contribution in [1.29, 1.82) is 0 Å². The second-order valence-electron chi connectivity index (χ2n) is 7.15. The highest BCUT2D eigenvalue weighted by molar-refractivity contribution is 5.93. The minimum atomic E-state index is 0.201. The Balaban J connectivity index is 1.73. The number of nitrogens with zero attached hydrogens (tertiary/aromatic N) is 2. The number of benzene rings is 2. The maximum absolute atomic E-state index is 5.64. The van der Waals surface area contributed by atoms with Crippen LogP contribution in [0.25, 0.3) is 0 Å². The number of para-hydroxylation sites is 1. The summed E-state index contributed by atoms with van der Waals surface area (Å²) < 4.78 is 16.3. The van der Waals surface area contributed by atoms with E-state index >= 15 is 0 Å². The monoisotopic (exact) mass is 412 g/mol. The molecule has 2 N–H and O–H groups in total. The number of guanidine groups is 1. The average molecular weight is 413 g/mol. The lowest BCUT2D eigenvalue weighted by Crippen LogP contribution is -2.39. The maximum Gasteiger partial charge on any atom is 0.195 e. The van der Waals surface area contributed by atoms with E-state index in [4.69, 9.17) is 14.2 Å². The molecule has 2 aromatic rings. The summed E-state index contributed by atoms with van der Waals surface area (Å²) in [4.78, 5) is 6.90. The van der Waals surface area contributed by atoms with Crippen molar-refractivity contribution in [2.45, 2.75) is 18.9 Å². The molecule has 1 saturated heterocycles. The molecule has 1 aliphatic heterocycles. The van der Waals surface area contributed by atoms with Crippen LogP contribution in [0.4, 0.5) is 5.69 Å². The Kier molecular flexibility index (Phi) is 7.79. The lowest BCUT2D eigenvalue weighted by atomic mass is 10.0. The van der Waals surface area contributed by atoms with Gasteiger partial charge in [-0.2, -0.15) is 0 Å². The van der Waals surface area contributed by atoms with Gasteiger partial charge in [0.05, 0.1) is 27.4 Å². The molecule has 0 radical (unpaired) electrons. The fraction of sp³-hybridized carbons (Fsp3) is 0.435. The van der Waals surface area contributed by atoms with Gasteiger partial charge in [0.15, 0.2) is 17.5 Å². The topological polar surface area (TPSA) is 67.4 Å². The molecule has 0 amide bonds. The molecular formula is C23H32N4O3. The molecule has 1 atom stereocenters. The predicted molar refractivity (Wildman–Crippen MR) is 121 cm³/mol. The summed E-state index contributed by atoms with van der Waals surface area (Å²) in [7, 11) is 6.75. The van der Waals surface area contributed by atoms with E-state index in [0.717, 1.165) is 24.5 Å². The smallest absolute Gasteiger partial charge is 0.195 e. The molecule has 0 spiro atoms. The lowest BCUT2D eigenvalue weighted by molar-refractivity contribution is 0.240. The van der Waals surface area contributed by atoms with Crippen LogP contribution in [0.3, 0.4) is 0 Å². The van der Waals surface area contributed by atoms with Crippen LogP contribution in [0.2, 0.25) is 0 Å². The number of aliphatic imine (C=N–C) groups is 1. The molecule has 30 heavy (non-hydrogen) atoms. The summed E-state index contributed by atoms with van der Waals surface area (Å²) >= 11 is 0. The van der Waals surface area contributed by atoms with Gasteiger partial charge in [-0.05, 0) is 44.1 Å². The Morgan fingerprint density at radius 3 is 2.33 bits per heavy atom. The van der Waals surface area contributed by atoms with Gasteiger partial charge >= 0.3 is 0 Å². The first-order valence-electron chi connectivity index (χ1n) is 10.3. The van der Waals surface area contributed by atoms with Gasteiger partial charge in [-0.1, -0.05) is 18.2 Å². The van der Waals surface area contributed by atoms with Crippen molar-refractivity contribution in [3.63, 3.8) is 0 Å². The zero-order valence-electron chi connectivity index (χ0n) is 18.3. The van der Waals surface area contributed by atoms with Gasteiger partial charge in [-0.25, -0.2) is 0 Å². The van der Waals surface area contributed by atoms with Crippen LogP contribution < -0.4 is 24.8 Å². The number of hydrogen-bond donors (Lipinski definition) is 2. The first-order chi connectivity index (χ1) is 14.7. The van der Waals surface area contributed by atoms with E-state index in [1.54, 1.807) is 28.4 Å². The quantitative estimate of drug-likeness (QED) is 0.511. The van der Waals surface area contributed by atoms with Crippen molar-refractivity contribution in [3.8, 4) is 17.2 Å². The van der Waals surface area contributed by atoms with Gasteiger partial charge in [0.2, 0.25) is 0 Å². The summed E-state index contributed by atoms with van der Waals surface area (Å²) in [6, 6.07) is 14.1. The van der Waals surface area contributed by atoms with Gasteiger partial charge in [0.1, 0.15) is 5.75 Å². The molecular weight excluding hydrogens is 380 g/mol. The van der Waals surface area contributed by atoms with E-state index in [1.807, 2.05) is 30.3 Å². The largest absolute Gasteiger partial charge is 0.496 e. The van der Waals surface area contributed by atoms with Gasteiger partial charge < -0.3 is 24.8 Å². The van der Waals surface area contributed by atoms with Gasteiger partial charge in [-0.15, -0.1) is 0 Å². The van der Waals surface area contributed by atoms with Crippen molar-refractivity contribution in [2.75, 3.05) is 53.3 Å². The van der Waals surface area contributed by atoms with Gasteiger partial charge in [-0.3, -0.25) is 9.89 Å². The number of hydrogen-bond acceptors (Lipinski definition) is 5. The Bertz CT molecular complexity index is 850. The summed E-state index contributed by atoms with van der Waals surface area (Å²) in [6.07, 6.45) is 2.45. The molecule has 162 valence electrons. The van der Waals surface area contributed by atoms with Crippen LogP contribution in [0.5, 0.6) is 17.2 Å². The number of methoxy groups -OCH3 is 3. The predicted octanol–water partition coefficient (Wildman–Crippen LogP) is 3.54. The molecule has 7 nitrogen and oxygen atoms in total. The molecule has 0 aliphatic carbocycles. The number of rotatable bonds is 8. The van der Waals surface area contributed by atoms with E-state index in [-0.39, 0.29) is 6.04 Å². The molecule has 0 bridgehead atoms. The molecule has 1 unspecified atom stereocenters. The van der Waals surface area contributed by atoms with Crippen LogP contribution in [0.15, 0.2) is 47.5 Å². The van der Waals surface area contributed by atoms with Crippen molar-refractivity contribution < 1.29 is 14.2 Å². The summed E-state index contributed by atoms with van der Waals surface area (Å²) in [5.74, 6) is 2.97. The maximum atomic E-state index is 5.64. The summed E-state index contributed by atoms with van der Waals surface area (Å²) in [5.41, 5.74) is 2.06.